The molecule has 0 saturated carbocycles. The minimum atomic E-state index is -3.75. The van der Waals surface area contributed by atoms with Gasteiger partial charge in [0.05, 0.1) is 17.9 Å². The van der Waals surface area contributed by atoms with Gasteiger partial charge in [-0.15, -0.1) is 0 Å². The number of benzene rings is 1. The molecule has 1 rings (SSSR count). The van der Waals surface area contributed by atoms with Crippen molar-refractivity contribution in [1.82, 2.24) is 14.9 Å². The predicted octanol–water partition coefficient (Wildman–Crippen LogP) is 0.400. The minimum absolute atomic E-state index is 0.0917. The summed E-state index contributed by atoms with van der Waals surface area (Å²) in [5, 5.41) is 2.32. The standard InChI is InChI=1S/C19H29N3O6S/c1-19(2,3)14-6-8-15(9-7-14)29(26,27)21-11-10-18(25)28-13-16(23)20-12-17(24)22(4)5/h6-9,21H,10-13H2,1-5H3,(H,20,23). The van der Waals surface area contributed by atoms with Gasteiger partial charge in [0.1, 0.15) is 0 Å². The zero-order chi connectivity index (χ0) is 22.2. The van der Waals surface area contributed by atoms with Gasteiger partial charge in [-0.05, 0) is 23.1 Å². The van der Waals surface area contributed by atoms with E-state index in [-0.39, 0.29) is 35.7 Å². The van der Waals surface area contributed by atoms with Crippen molar-refractivity contribution >= 4 is 27.8 Å². The first-order valence-electron chi connectivity index (χ1n) is 9.05. The zero-order valence-corrected chi connectivity index (χ0v) is 18.3. The smallest absolute Gasteiger partial charge is 0.307 e. The van der Waals surface area contributed by atoms with Crippen LogP contribution in [0.5, 0.6) is 0 Å². The van der Waals surface area contributed by atoms with Gasteiger partial charge in [-0.3, -0.25) is 14.4 Å². The van der Waals surface area contributed by atoms with Crippen molar-refractivity contribution in [3.05, 3.63) is 29.8 Å². The van der Waals surface area contributed by atoms with Gasteiger partial charge in [0.15, 0.2) is 6.61 Å². The highest BCUT2D eigenvalue weighted by molar-refractivity contribution is 7.89. The minimum Gasteiger partial charge on any atom is -0.456 e. The number of amides is 2. The van der Waals surface area contributed by atoms with Crippen LogP contribution < -0.4 is 10.0 Å². The van der Waals surface area contributed by atoms with Crippen LogP contribution in [0.4, 0.5) is 0 Å². The van der Waals surface area contributed by atoms with E-state index in [9.17, 15) is 22.8 Å². The van der Waals surface area contributed by atoms with E-state index in [4.69, 9.17) is 4.74 Å². The summed E-state index contributed by atoms with van der Waals surface area (Å²) in [7, 11) is -0.655. The monoisotopic (exact) mass is 427 g/mol. The van der Waals surface area contributed by atoms with Gasteiger partial charge in [-0.2, -0.15) is 0 Å². The summed E-state index contributed by atoms with van der Waals surface area (Å²) in [5.41, 5.74) is 0.913. The maximum atomic E-state index is 12.3. The van der Waals surface area contributed by atoms with Crippen LogP contribution in [0, 0.1) is 0 Å². The number of nitrogens with zero attached hydrogens (tertiary/aromatic N) is 1. The van der Waals surface area contributed by atoms with Crippen LogP contribution in [-0.4, -0.2) is 64.9 Å². The van der Waals surface area contributed by atoms with Crippen molar-refractivity contribution in [3.63, 3.8) is 0 Å². The maximum Gasteiger partial charge on any atom is 0.307 e. The fourth-order valence-corrected chi connectivity index (χ4v) is 3.14. The molecule has 10 heteroatoms. The quantitative estimate of drug-likeness (QED) is 0.550. The highest BCUT2D eigenvalue weighted by atomic mass is 32.2. The lowest BCUT2D eigenvalue weighted by molar-refractivity contribution is -0.148. The van der Waals surface area contributed by atoms with Gasteiger partial charge in [-0.1, -0.05) is 32.9 Å². The summed E-state index contributed by atoms with van der Waals surface area (Å²) < 4.78 is 31.6. The molecule has 1 aromatic carbocycles. The van der Waals surface area contributed by atoms with E-state index in [1.165, 1.54) is 17.0 Å². The van der Waals surface area contributed by atoms with Crippen molar-refractivity contribution in [1.29, 1.82) is 0 Å². The van der Waals surface area contributed by atoms with Crippen LogP contribution in [0.2, 0.25) is 0 Å². The van der Waals surface area contributed by atoms with Crippen molar-refractivity contribution in [2.75, 3.05) is 33.8 Å². The fourth-order valence-electron chi connectivity index (χ4n) is 2.11. The summed E-state index contributed by atoms with van der Waals surface area (Å²) >= 11 is 0. The molecule has 2 N–H and O–H groups in total. The largest absolute Gasteiger partial charge is 0.456 e. The lowest BCUT2D eigenvalue weighted by Crippen LogP contribution is -2.38. The van der Waals surface area contributed by atoms with Crippen molar-refractivity contribution in [2.45, 2.75) is 37.5 Å². The summed E-state index contributed by atoms with van der Waals surface area (Å²) in [6, 6.07) is 6.53. The third kappa shape index (κ3) is 8.61. The number of sulfonamides is 1. The normalized spacial score (nSPS) is 11.6. The number of nitrogens with one attached hydrogen (secondary N) is 2. The Hall–Kier alpha value is -2.46. The van der Waals surface area contributed by atoms with E-state index >= 15 is 0 Å². The van der Waals surface area contributed by atoms with E-state index in [0.717, 1.165) is 5.56 Å². The number of hydrogen-bond acceptors (Lipinski definition) is 6. The molecular formula is C19H29N3O6S. The molecule has 0 aliphatic rings. The Kier molecular flexibility index (Phi) is 8.78. The molecular weight excluding hydrogens is 398 g/mol. The Morgan fingerprint density at radius 2 is 1.66 bits per heavy atom. The molecule has 0 heterocycles. The third-order valence-electron chi connectivity index (χ3n) is 3.95. The molecule has 0 bridgehead atoms. The fraction of sp³-hybridized carbons (Fsp3) is 0.526. The number of ether oxygens (including phenoxy) is 1. The number of rotatable bonds is 9. The molecule has 0 saturated heterocycles. The van der Waals surface area contributed by atoms with E-state index in [0.29, 0.717) is 0 Å². The molecule has 9 nitrogen and oxygen atoms in total. The predicted molar refractivity (Wildman–Crippen MR) is 108 cm³/mol. The molecule has 0 spiro atoms. The van der Waals surface area contributed by atoms with Crippen LogP contribution in [0.25, 0.3) is 0 Å². The molecule has 0 unspecified atom stereocenters. The van der Waals surface area contributed by atoms with E-state index in [1.54, 1.807) is 26.2 Å². The van der Waals surface area contributed by atoms with E-state index < -0.39 is 28.5 Å². The molecule has 0 aromatic heterocycles. The molecule has 0 aliphatic heterocycles. The first-order valence-corrected chi connectivity index (χ1v) is 10.5. The summed E-state index contributed by atoms with van der Waals surface area (Å²) in [6.45, 7) is 5.18. The summed E-state index contributed by atoms with van der Waals surface area (Å²) in [6.07, 6.45) is -0.233. The molecule has 0 atom stereocenters. The van der Waals surface area contributed by atoms with Crippen molar-refractivity contribution < 1.29 is 27.5 Å². The number of carbonyl (C=O) groups is 3. The van der Waals surface area contributed by atoms with Gasteiger partial charge < -0.3 is 15.0 Å². The SMILES string of the molecule is CN(C)C(=O)CNC(=O)COC(=O)CCNS(=O)(=O)c1ccc(C(C)(C)C)cc1. The van der Waals surface area contributed by atoms with Crippen LogP contribution in [0.3, 0.4) is 0 Å². The molecule has 29 heavy (non-hydrogen) atoms. The average molecular weight is 428 g/mol. The number of esters is 1. The van der Waals surface area contributed by atoms with Gasteiger partial charge >= 0.3 is 5.97 Å². The maximum absolute atomic E-state index is 12.3. The Morgan fingerprint density at radius 1 is 1.07 bits per heavy atom. The Morgan fingerprint density at radius 3 is 2.17 bits per heavy atom. The third-order valence-corrected chi connectivity index (χ3v) is 5.43. The first-order chi connectivity index (χ1) is 13.3. The molecule has 2 amide bonds. The molecule has 0 radical (unpaired) electrons. The van der Waals surface area contributed by atoms with Crippen LogP contribution in [-0.2, 0) is 34.6 Å². The summed E-state index contributed by atoms with van der Waals surface area (Å²) in [5.74, 6) is -1.65. The molecule has 0 aliphatic carbocycles. The highest BCUT2D eigenvalue weighted by Gasteiger charge is 2.18. The lowest BCUT2D eigenvalue weighted by atomic mass is 9.87. The van der Waals surface area contributed by atoms with Crippen molar-refractivity contribution in [2.24, 2.45) is 0 Å². The molecule has 1 aromatic rings. The second-order valence-electron chi connectivity index (χ2n) is 7.65. The Balaban J connectivity index is 2.41. The van der Waals surface area contributed by atoms with Gasteiger partial charge in [0.25, 0.3) is 5.91 Å². The second-order valence-corrected chi connectivity index (χ2v) is 9.41. The van der Waals surface area contributed by atoms with Crippen LogP contribution in [0.15, 0.2) is 29.2 Å². The van der Waals surface area contributed by atoms with E-state index in [1.807, 2.05) is 20.8 Å². The Bertz CT molecular complexity index is 826. The molecule has 162 valence electrons. The highest BCUT2D eigenvalue weighted by Crippen LogP contribution is 2.23. The van der Waals surface area contributed by atoms with Crippen LogP contribution in [0.1, 0.15) is 32.8 Å². The number of likely N-dealkylation sites (N-methyl/N-ethyl adjacent to an activating group) is 1. The number of hydrogen-bond donors (Lipinski definition) is 2. The first kappa shape index (κ1) is 24.6. The number of carbonyl (C=O) groups excluding carboxylic acids is 3. The topological polar surface area (TPSA) is 122 Å². The average Bonchev–Trinajstić information content (AvgIpc) is 2.63. The van der Waals surface area contributed by atoms with Gasteiger partial charge in [0, 0.05) is 20.6 Å². The van der Waals surface area contributed by atoms with E-state index in [2.05, 4.69) is 10.0 Å². The zero-order valence-electron chi connectivity index (χ0n) is 17.4. The summed E-state index contributed by atoms with van der Waals surface area (Å²) in [4.78, 5) is 35.9. The van der Waals surface area contributed by atoms with Crippen LogP contribution >= 0.6 is 0 Å². The second kappa shape index (κ2) is 10.4. The molecule has 0 fully saturated rings. The van der Waals surface area contributed by atoms with Gasteiger partial charge in [-0.25, -0.2) is 13.1 Å². The van der Waals surface area contributed by atoms with Gasteiger partial charge in [0.2, 0.25) is 15.9 Å². The Labute approximate surface area is 171 Å². The van der Waals surface area contributed by atoms with Crippen molar-refractivity contribution in [3.8, 4) is 0 Å². The lowest BCUT2D eigenvalue weighted by Gasteiger charge is -2.19.